The van der Waals surface area contributed by atoms with Gasteiger partial charge in [0.05, 0.1) is 0 Å². The third kappa shape index (κ3) is 4.14. The summed E-state index contributed by atoms with van der Waals surface area (Å²) in [6.45, 7) is 4.48. The lowest BCUT2D eigenvalue weighted by Gasteiger charge is -2.09. The number of nitrogens with zero attached hydrogens (tertiary/aromatic N) is 1. The summed E-state index contributed by atoms with van der Waals surface area (Å²) in [5.74, 6) is 3.12. The monoisotopic (exact) mass is 209 g/mol. The largest absolute Gasteiger partial charge is 0.261 e. The molecule has 0 N–H and O–H groups in total. The van der Waals surface area contributed by atoms with Gasteiger partial charge in [-0.3, -0.25) is 4.98 Å². The molecule has 0 aromatic carbocycles. The molecular weight excluding hydrogens is 190 g/mol. The maximum Gasteiger partial charge on any atom is 0.0431 e. The predicted molar refractivity (Wildman–Crippen MR) is 64.9 cm³/mol. The minimum Gasteiger partial charge on any atom is -0.261 e. The molecule has 0 aliphatic heterocycles. The molecule has 1 heterocycles. The molecule has 1 unspecified atom stereocenters. The average Bonchev–Trinajstić information content (AvgIpc) is 2.25. The second kappa shape index (κ2) is 6.88. The Bertz CT molecular complexity index is 235. The number of aromatic nitrogens is 1. The van der Waals surface area contributed by atoms with E-state index >= 15 is 0 Å². The van der Waals surface area contributed by atoms with Gasteiger partial charge < -0.3 is 0 Å². The first-order chi connectivity index (χ1) is 6.84. The van der Waals surface area contributed by atoms with E-state index in [1.54, 1.807) is 0 Å². The van der Waals surface area contributed by atoms with E-state index in [1.807, 2.05) is 24.0 Å². The Labute approximate surface area is 91.3 Å². The van der Waals surface area contributed by atoms with Crippen molar-refractivity contribution in [1.82, 2.24) is 4.98 Å². The number of rotatable bonds is 6. The van der Waals surface area contributed by atoms with Gasteiger partial charge in [-0.1, -0.05) is 19.9 Å². The average molecular weight is 209 g/mol. The van der Waals surface area contributed by atoms with Crippen LogP contribution in [0.5, 0.6) is 0 Å². The molecule has 0 fully saturated rings. The standard InChI is InChI=1S/C12H19NS/c1-3-14-10-6-7-11(2)12-8-4-5-9-13-12/h4-5,8-9,11H,3,6-7,10H2,1-2H3. The van der Waals surface area contributed by atoms with Crippen molar-refractivity contribution in [3.63, 3.8) is 0 Å². The summed E-state index contributed by atoms with van der Waals surface area (Å²) in [6.07, 6.45) is 4.44. The van der Waals surface area contributed by atoms with Gasteiger partial charge >= 0.3 is 0 Å². The highest BCUT2D eigenvalue weighted by atomic mass is 32.2. The van der Waals surface area contributed by atoms with Crippen molar-refractivity contribution in [3.8, 4) is 0 Å². The molecule has 14 heavy (non-hydrogen) atoms. The highest BCUT2D eigenvalue weighted by Crippen LogP contribution is 2.19. The summed E-state index contributed by atoms with van der Waals surface area (Å²) in [7, 11) is 0. The van der Waals surface area contributed by atoms with Crippen LogP contribution in [0.25, 0.3) is 0 Å². The van der Waals surface area contributed by atoms with Gasteiger partial charge in [0.2, 0.25) is 0 Å². The van der Waals surface area contributed by atoms with Crippen LogP contribution in [0.15, 0.2) is 24.4 Å². The molecule has 78 valence electrons. The fraction of sp³-hybridized carbons (Fsp3) is 0.583. The van der Waals surface area contributed by atoms with Crippen molar-refractivity contribution >= 4 is 11.8 Å². The molecule has 1 atom stereocenters. The summed E-state index contributed by atoms with van der Waals surface area (Å²) in [5.41, 5.74) is 1.23. The van der Waals surface area contributed by atoms with Gasteiger partial charge in [0.25, 0.3) is 0 Å². The van der Waals surface area contributed by atoms with E-state index in [-0.39, 0.29) is 0 Å². The highest BCUT2D eigenvalue weighted by Gasteiger charge is 2.04. The zero-order chi connectivity index (χ0) is 10.2. The minimum atomic E-state index is 0.605. The van der Waals surface area contributed by atoms with Crippen LogP contribution in [-0.2, 0) is 0 Å². The van der Waals surface area contributed by atoms with Crippen molar-refractivity contribution < 1.29 is 0 Å². The van der Waals surface area contributed by atoms with Crippen molar-refractivity contribution in [3.05, 3.63) is 30.1 Å². The van der Waals surface area contributed by atoms with Crippen molar-refractivity contribution in [1.29, 1.82) is 0 Å². The highest BCUT2D eigenvalue weighted by molar-refractivity contribution is 7.99. The van der Waals surface area contributed by atoms with Crippen LogP contribution in [0.3, 0.4) is 0 Å². The summed E-state index contributed by atoms with van der Waals surface area (Å²) in [5, 5.41) is 0. The summed E-state index contributed by atoms with van der Waals surface area (Å²) >= 11 is 2.02. The maximum atomic E-state index is 4.37. The molecule has 0 saturated carbocycles. The van der Waals surface area contributed by atoms with Crippen LogP contribution in [0.1, 0.15) is 38.3 Å². The van der Waals surface area contributed by atoms with Crippen molar-refractivity contribution in [2.75, 3.05) is 11.5 Å². The fourth-order valence-electron chi connectivity index (χ4n) is 1.45. The van der Waals surface area contributed by atoms with Gasteiger partial charge in [0.15, 0.2) is 0 Å². The van der Waals surface area contributed by atoms with Crippen molar-refractivity contribution in [2.24, 2.45) is 0 Å². The lowest BCUT2D eigenvalue weighted by molar-refractivity contribution is 0.651. The molecule has 0 amide bonds. The Morgan fingerprint density at radius 1 is 1.43 bits per heavy atom. The molecular formula is C12H19NS. The zero-order valence-corrected chi connectivity index (χ0v) is 9.89. The van der Waals surface area contributed by atoms with E-state index in [0.717, 1.165) is 0 Å². The van der Waals surface area contributed by atoms with Gasteiger partial charge in [0.1, 0.15) is 0 Å². The molecule has 1 nitrogen and oxygen atoms in total. The first-order valence-electron chi connectivity index (χ1n) is 5.33. The molecule has 0 bridgehead atoms. The van der Waals surface area contributed by atoms with Gasteiger partial charge in [-0.25, -0.2) is 0 Å². The Morgan fingerprint density at radius 2 is 2.29 bits per heavy atom. The molecule has 0 radical (unpaired) electrons. The van der Waals surface area contributed by atoms with E-state index in [4.69, 9.17) is 0 Å². The summed E-state index contributed by atoms with van der Waals surface area (Å²) in [6, 6.07) is 6.17. The van der Waals surface area contributed by atoms with E-state index in [9.17, 15) is 0 Å². The van der Waals surface area contributed by atoms with Crippen molar-refractivity contribution in [2.45, 2.75) is 32.6 Å². The van der Waals surface area contributed by atoms with Crippen LogP contribution in [0.2, 0.25) is 0 Å². The first-order valence-corrected chi connectivity index (χ1v) is 6.48. The molecule has 0 aliphatic carbocycles. The van der Waals surface area contributed by atoms with E-state index in [2.05, 4.69) is 31.0 Å². The van der Waals surface area contributed by atoms with Gasteiger partial charge in [-0.05, 0) is 42.4 Å². The Kier molecular flexibility index (Phi) is 5.69. The smallest absolute Gasteiger partial charge is 0.0431 e. The molecule has 1 aromatic heterocycles. The van der Waals surface area contributed by atoms with Gasteiger partial charge in [-0.2, -0.15) is 11.8 Å². The number of pyridine rings is 1. The topological polar surface area (TPSA) is 12.9 Å². The number of thioether (sulfide) groups is 1. The summed E-state index contributed by atoms with van der Waals surface area (Å²) < 4.78 is 0. The zero-order valence-electron chi connectivity index (χ0n) is 9.07. The lowest BCUT2D eigenvalue weighted by Crippen LogP contribution is -1.97. The molecule has 1 rings (SSSR count). The van der Waals surface area contributed by atoms with Crippen LogP contribution in [-0.4, -0.2) is 16.5 Å². The third-order valence-corrected chi connectivity index (χ3v) is 3.31. The molecule has 1 aromatic rings. The number of hydrogen-bond acceptors (Lipinski definition) is 2. The normalized spacial score (nSPS) is 12.7. The predicted octanol–water partition coefficient (Wildman–Crippen LogP) is 3.72. The maximum absolute atomic E-state index is 4.37. The fourth-order valence-corrected chi connectivity index (χ4v) is 2.11. The van der Waals surface area contributed by atoms with Crippen LogP contribution < -0.4 is 0 Å². The molecule has 0 spiro atoms. The first kappa shape index (κ1) is 11.6. The lowest BCUT2D eigenvalue weighted by atomic mass is 10.0. The van der Waals surface area contributed by atoms with Gasteiger partial charge in [-0.15, -0.1) is 0 Å². The second-order valence-electron chi connectivity index (χ2n) is 3.49. The SMILES string of the molecule is CCSCCCC(C)c1ccccn1. The molecule has 2 heteroatoms. The minimum absolute atomic E-state index is 0.605. The summed E-state index contributed by atoms with van der Waals surface area (Å²) in [4.78, 5) is 4.37. The number of hydrogen-bond donors (Lipinski definition) is 0. The van der Waals surface area contributed by atoms with E-state index in [1.165, 1.54) is 30.0 Å². The van der Waals surface area contributed by atoms with Crippen LogP contribution in [0.4, 0.5) is 0 Å². The molecule has 0 saturated heterocycles. The third-order valence-electron chi connectivity index (χ3n) is 2.32. The Balaban J connectivity index is 2.25. The van der Waals surface area contributed by atoms with Crippen LogP contribution in [0, 0.1) is 0 Å². The van der Waals surface area contributed by atoms with Gasteiger partial charge in [0, 0.05) is 11.9 Å². The van der Waals surface area contributed by atoms with E-state index < -0.39 is 0 Å². The van der Waals surface area contributed by atoms with E-state index in [0.29, 0.717) is 5.92 Å². The van der Waals surface area contributed by atoms with Crippen LogP contribution >= 0.6 is 11.8 Å². The Hall–Kier alpha value is -0.500. The quantitative estimate of drug-likeness (QED) is 0.662. The molecule has 0 aliphatic rings. The second-order valence-corrected chi connectivity index (χ2v) is 4.89. The Morgan fingerprint density at radius 3 is 2.93 bits per heavy atom.